The zero-order chi connectivity index (χ0) is 13.0. The lowest BCUT2D eigenvalue weighted by Crippen LogP contribution is -2.32. The number of amides is 1. The minimum absolute atomic E-state index is 0.193. The first-order chi connectivity index (χ1) is 7.95. The van der Waals surface area contributed by atoms with Crippen LogP contribution < -0.4 is 0 Å². The van der Waals surface area contributed by atoms with Crippen LogP contribution in [0.15, 0.2) is 34.8 Å². The molecule has 0 spiro atoms. The van der Waals surface area contributed by atoms with E-state index < -0.39 is 5.82 Å². The van der Waals surface area contributed by atoms with Crippen molar-refractivity contribution in [3.63, 3.8) is 0 Å². The van der Waals surface area contributed by atoms with Gasteiger partial charge in [-0.1, -0.05) is 12.2 Å². The van der Waals surface area contributed by atoms with E-state index in [0.29, 0.717) is 23.1 Å². The van der Waals surface area contributed by atoms with Crippen LogP contribution in [0.25, 0.3) is 0 Å². The van der Waals surface area contributed by atoms with Crippen LogP contribution in [0.5, 0.6) is 0 Å². The van der Waals surface area contributed by atoms with Crippen LogP contribution in [-0.2, 0) is 0 Å². The van der Waals surface area contributed by atoms with Crippen molar-refractivity contribution in [3.05, 3.63) is 46.2 Å². The third-order valence-electron chi connectivity index (χ3n) is 2.29. The third kappa shape index (κ3) is 3.66. The van der Waals surface area contributed by atoms with E-state index in [1.54, 1.807) is 4.90 Å². The van der Waals surface area contributed by atoms with Crippen LogP contribution in [0.2, 0.25) is 0 Å². The average molecular weight is 300 g/mol. The van der Waals surface area contributed by atoms with Gasteiger partial charge in [0, 0.05) is 17.6 Å². The fourth-order valence-corrected chi connectivity index (χ4v) is 1.90. The van der Waals surface area contributed by atoms with Crippen molar-refractivity contribution < 1.29 is 9.18 Å². The molecule has 1 aromatic carbocycles. The molecule has 1 rings (SSSR count). The van der Waals surface area contributed by atoms with Crippen LogP contribution in [-0.4, -0.2) is 23.9 Å². The van der Waals surface area contributed by atoms with Gasteiger partial charge in [0.1, 0.15) is 5.82 Å². The van der Waals surface area contributed by atoms with Gasteiger partial charge in [0.2, 0.25) is 0 Å². The largest absolute Gasteiger partial charge is 0.335 e. The van der Waals surface area contributed by atoms with Crippen molar-refractivity contribution in [1.82, 2.24) is 4.90 Å². The molecule has 4 heteroatoms. The van der Waals surface area contributed by atoms with Gasteiger partial charge in [0.25, 0.3) is 5.91 Å². The summed E-state index contributed by atoms with van der Waals surface area (Å²) < 4.78 is 13.7. The number of likely N-dealkylation sites (N-methyl/N-ethyl adjacent to an activating group) is 1. The molecule has 17 heavy (non-hydrogen) atoms. The van der Waals surface area contributed by atoms with Gasteiger partial charge in [-0.2, -0.15) is 0 Å². The molecule has 0 unspecified atom stereocenters. The first-order valence-electron chi connectivity index (χ1n) is 5.34. The number of rotatable bonds is 4. The van der Waals surface area contributed by atoms with E-state index in [2.05, 4.69) is 22.5 Å². The first kappa shape index (κ1) is 13.9. The van der Waals surface area contributed by atoms with Gasteiger partial charge in [-0.05, 0) is 48.0 Å². The summed E-state index contributed by atoms with van der Waals surface area (Å²) in [5.74, 6) is -0.607. The van der Waals surface area contributed by atoms with Crippen molar-refractivity contribution in [2.75, 3.05) is 13.1 Å². The summed E-state index contributed by atoms with van der Waals surface area (Å²) in [5.41, 5.74) is 1.24. The van der Waals surface area contributed by atoms with E-state index in [9.17, 15) is 9.18 Å². The second-order valence-electron chi connectivity index (χ2n) is 3.90. The summed E-state index contributed by atoms with van der Waals surface area (Å²) in [6.45, 7) is 8.57. The van der Waals surface area contributed by atoms with Crippen LogP contribution in [0.3, 0.4) is 0 Å². The standard InChI is InChI=1S/C13H15BrFNO/c1-4-16(8-9(2)3)13(17)11-7-10(15)5-6-12(11)14/h5-7H,2,4,8H2,1,3H3. The summed E-state index contributed by atoms with van der Waals surface area (Å²) in [5, 5.41) is 0. The predicted octanol–water partition coefficient (Wildman–Crippen LogP) is 3.63. The Morgan fingerprint density at radius 2 is 2.18 bits per heavy atom. The van der Waals surface area contributed by atoms with E-state index in [1.807, 2.05) is 13.8 Å². The average Bonchev–Trinajstić information content (AvgIpc) is 2.28. The van der Waals surface area contributed by atoms with Gasteiger partial charge in [-0.3, -0.25) is 4.79 Å². The quantitative estimate of drug-likeness (QED) is 0.778. The monoisotopic (exact) mass is 299 g/mol. The molecular weight excluding hydrogens is 285 g/mol. The summed E-state index contributed by atoms with van der Waals surface area (Å²) in [7, 11) is 0. The molecule has 0 saturated carbocycles. The first-order valence-corrected chi connectivity index (χ1v) is 6.13. The fourth-order valence-electron chi connectivity index (χ4n) is 1.48. The molecule has 0 heterocycles. The lowest BCUT2D eigenvalue weighted by Gasteiger charge is -2.21. The Morgan fingerprint density at radius 1 is 1.53 bits per heavy atom. The Bertz CT molecular complexity index is 445. The second-order valence-corrected chi connectivity index (χ2v) is 4.75. The minimum Gasteiger partial charge on any atom is -0.335 e. The summed E-state index contributed by atoms with van der Waals surface area (Å²) >= 11 is 3.26. The van der Waals surface area contributed by atoms with Gasteiger partial charge in [0.05, 0.1) is 5.56 Å². The second kappa shape index (κ2) is 5.96. The molecule has 0 radical (unpaired) electrons. The van der Waals surface area contributed by atoms with Crippen molar-refractivity contribution in [2.24, 2.45) is 0 Å². The maximum atomic E-state index is 13.1. The van der Waals surface area contributed by atoms with Crippen molar-refractivity contribution in [2.45, 2.75) is 13.8 Å². The molecule has 0 aliphatic heterocycles. The Labute approximate surface area is 109 Å². The molecule has 0 N–H and O–H groups in total. The Kier molecular flexibility index (Phi) is 4.87. The number of carbonyl (C=O) groups is 1. The number of carbonyl (C=O) groups excluding carboxylic acids is 1. The van der Waals surface area contributed by atoms with E-state index in [0.717, 1.165) is 5.57 Å². The highest BCUT2D eigenvalue weighted by Gasteiger charge is 2.17. The number of hydrogen-bond donors (Lipinski definition) is 0. The molecule has 0 atom stereocenters. The van der Waals surface area contributed by atoms with Crippen LogP contribution in [0.1, 0.15) is 24.2 Å². The van der Waals surface area contributed by atoms with Crippen molar-refractivity contribution in [3.8, 4) is 0 Å². The lowest BCUT2D eigenvalue weighted by molar-refractivity contribution is 0.0777. The predicted molar refractivity (Wildman–Crippen MR) is 70.5 cm³/mol. The minimum atomic E-state index is -0.414. The molecule has 0 aromatic heterocycles. The maximum absolute atomic E-state index is 13.1. The SMILES string of the molecule is C=C(C)CN(CC)C(=O)c1cc(F)ccc1Br. The van der Waals surface area contributed by atoms with Crippen LogP contribution >= 0.6 is 15.9 Å². The zero-order valence-corrected chi connectivity index (χ0v) is 11.6. The third-order valence-corrected chi connectivity index (χ3v) is 2.98. The van der Waals surface area contributed by atoms with Crippen LogP contribution in [0, 0.1) is 5.82 Å². The molecular formula is C13H15BrFNO. The highest BCUT2D eigenvalue weighted by molar-refractivity contribution is 9.10. The highest BCUT2D eigenvalue weighted by atomic mass is 79.9. The lowest BCUT2D eigenvalue weighted by atomic mass is 10.2. The number of benzene rings is 1. The number of nitrogens with zero attached hydrogens (tertiary/aromatic N) is 1. The molecule has 1 aromatic rings. The molecule has 0 bridgehead atoms. The maximum Gasteiger partial charge on any atom is 0.255 e. The van der Waals surface area contributed by atoms with Gasteiger partial charge in [-0.25, -0.2) is 4.39 Å². The molecule has 2 nitrogen and oxygen atoms in total. The Hall–Kier alpha value is -1.16. The Balaban J connectivity index is 3.01. The molecule has 0 aliphatic carbocycles. The van der Waals surface area contributed by atoms with E-state index in [1.165, 1.54) is 18.2 Å². The number of hydrogen-bond acceptors (Lipinski definition) is 1. The zero-order valence-electron chi connectivity index (χ0n) is 9.96. The van der Waals surface area contributed by atoms with Gasteiger partial charge >= 0.3 is 0 Å². The number of halogens is 2. The fraction of sp³-hybridized carbons (Fsp3) is 0.308. The molecule has 92 valence electrons. The Morgan fingerprint density at radius 3 is 2.71 bits per heavy atom. The normalized spacial score (nSPS) is 10.1. The molecule has 0 aliphatic rings. The molecule has 0 fully saturated rings. The molecule has 1 amide bonds. The van der Waals surface area contributed by atoms with Gasteiger partial charge < -0.3 is 4.90 Å². The van der Waals surface area contributed by atoms with E-state index in [4.69, 9.17) is 0 Å². The van der Waals surface area contributed by atoms with E-state index >= 15 is 0 Å². The van der Waals surface area contributed by atoms with Gasteiger partial charge in [0.15, 0.2) is 0 Å². The molecule has 0 saturated heterocycles. The van der Waals surface area contributed by atoms with Gasteiger partial charge in [-0.15, -0.1) is 0 Å². The van der Waals surface area contributed by atoms with Crippen molar-refractivity contribution in [1.29, 1.82) is 0 Å². The van der Waals surface area contributed by atoms with Crippen molar-refractivity contribution >= 4 is 21.8 Å². The topological polar surface area (TPSA) is 20.3 Å². The summed E-state index contributed by atoms with van der Waals surface area (Å²) in [4.78, 5) is 13.8. The summed E-state index contributed by atoms with van der Waals surface area (Å²) in [6.07, 6.45) is 0. The summed E-state index contributed by atoms with van der Waals surface area (Å²) in [6, 6.07) is 4.10. The smallest absolute Gasteiger partial charge is 0.255 e. The van der Waals surface area contributed by atoms with E-state index in [-0.39, 0.29) is 5.91 Å². The van der Waals surface area contributed by atoms with Crippen LogP contribution in [0.4, 0.5) is 4.39 Å². The highest BCUT2D eigenvalue weighted by Crippen LogP contribution is 2.20.